The predicted octanol–water partition coefficient (Wildman–Crippen LogP) is 2.34. The summed E-state index contributed by atoms with van der Waals surface area (Å²) in [5, 5.41) is 39.3. The fourth-order valence-electron chi connectivity index (χ4n) is 3.00. The van der Waals surface area contributed by atoms with Crippen LogP contribution in [0.5, 0.6) is 0 Å². The van der Waals surface area contributed by atoms with Gasteiger partial charge in [-0.05, 0) is 31.5 Å². The Hall–Kier alpha value is -3.09. The van der Waals surface area contributed by atoms with Crippen LogP contribution in [0.15, 0.2) is 40.7 Å². The van der Waals surface area contributed by atoms with Crippen LogP contribution in [-0.4, -0.2) is 15.3 Å². The maximum absolute atomic E-state index is 9.53. The zero-order valence-electron chi connectivity index (χ0n) is 12.8. The molecule has 3 N–H and O–H groups in total. The summed E-state index contributed by atoms with van der Waals surface area (Å²) < 4.78 is 0. The Morgan fingerprint density at radius 1 is 1.17 bits per heavy atom. The minimum absolute atomic E-state index is 0.147. The van der Waals surface area contributed by atoms with Gasteiger partial charge in [0.15, 0.2) is 0 Å². The van der Waals surface area contributed by atoms with Crippen LogP contribution in [-0.2, 0) is 6.61 Å². The topological polar surface area (TPSA) is 109 Å². The Labute approximate surface area is 133 Å². The van der Waals surface area contributed by atoms with E-state index in [1.54, 1.807) is 0 Å². The molecule has 0 fully saturated rings. The number of aliphatic hydroxyl groups is 1. The van der Waals surface area contributed by atoms with E-state index >= 15 is 0 Å². The van der Waals surface area contributed by atoms with Crippen LogP contribution in [0.3, 0.4) is 0 Å². The van der Waals surface area contributed by atoms with Crippen molar-refractivity contribution in [3.8, 4) is 12.1 Å². The van der Waals surface area contributed by atoms with E-state index in [1.807, 2.05) is 32.0 Å². The summed E-state index contributed by atoms with van der Waals surface area (Å²) in [5.74, 6) is -0.405. The molecule has 0 radical (unpaired) electrons. The maximum Gasteiger partial charge on any atom is 0.0975 e. The van der Waals surface area contributed by atoms with Crippen molar-refractivity contribution in [2.45, 2.75) is 26.4 Å². The quantitative estimate of drug-likeness (QED) is 0.789. The average molecular weight is 305 g/mol. The van der Waals surface area contributed by atoms with Gasteiger partial charge in [-0.25, -0.2) is 0 Å². The minimum Gasteiger partial charge on any atom is -0.390 e. The molecule has 1 aromatic carbocycles. The third-order valence-electron chi connectivity index (χ3n) is 4.15. The summed E-state index contributed by atoms with van der Waals surface area (Å²) in [6.07, 6.45) is 0. The van der Waals surface area contributed by atoms with E-state index in [2.05, 4.69) is 27.7 Å². The second kappa shape index (κ2) is 5.60. The number of dihydropyridines is 1. The molecule has 1 aromatic heterocycles. The van der Waals surface area contributed by atoms with Gasteiger partial charge < -0.3 is 10.4 Å². The number of nitrogens with one attached hydrogen (secondary N) is 2. The Morgan fingerprint density at radius 3 is 2.39 bits per heavy atom. The molecule has 3 rings (SSSR count). The highest BCUT2D eigenvalue weighted by molar-refractivity contribution is 5.82. The van der Waals surface area contributed by atoms with Crippen LogP contribution in [0.1, 0.15) is 31.0 Å². The number of fused-ring (bicyclic) bond motifs is 1. The van der Waals surface area contributed by atoms with Gasteiger partial charge in [-0.3, -0.25) is 5.10 Å². The number of nitriles is 2. The van der Waals surface area contributed by atoms with Crippen molar-refractivity contribution in [3.05, 3.63) is 52.0 Å². The molecule has 6 heteroatoms. The molecule has 0 bridgehead atoms. The smallest absolute Gasteiger partial charge is 0.0975 e. The lowest BCUT2D eigenvalue weighted by atomic mass is 9.81. The standard InChI is InChI=1S/C17H15N5O/c1-9-13(6-18)17(14(7-19)10(2)20-9)11-3-4-15-12(5-11)16(8-23)22-21-15/h3-5,17,20,23H,8H2,1-2H3,(H,21,22). The van der Waals surface area contributed by atoms with Crippen LogP contribution in [0.4, 0.5) is 0 Å². The van der Waals surface area contributed by atoms with Gasteiger partial charge in [0, 0.05) is 16.8 Å². The molecular formula is C17H15N5O. The van der Waals surface area contributed by atoms with E-state index in [4.69, 9.17) is 0 Å². The van der Waals surface area contributed by atoms with Gasteiger partial charge in [-0.1, -0.05) is 6.07 Å². The SMILES string of the molecule is CC1=C(C#N)C(c2ccc3n[nH]c(CO)c3c2)C(C#N)=C(C)N1. The molecule has 0 atom stereocenters. The number of benzene rings is 1. The maximum atomic E-state index is 9.53. The molecule has 114 valence electrons. The molecule has 0 saturated carbocycles. The summed E-state index contributed by atoms with van der Waals surface area (Å²) >= 11 is 0. The van der Waals surface area contributed by atoms with Gasteiger partial charge in [0.2, 0.25) is 0 Å². The Morgan fingerprint density at radius 2 is 1.83 bits per heavy atom. The highest BCUT2D eigenvalue weighted by atomic mass is 16.3. The van der Waals surface area contributed by atoms with Crippen LogP contribution in [0.25, 0.3) is 10.9 Å². The zero-order chi connectivity index (χ0) is 16.6. The third-order valence-corrected chi connectivity index (χ3v) is 4.15. The Kier molecular flexibility index (Phi) is 3.61. The summed E-state index contributed by atoms with van der Waals surface area (Å²) in [6.45, 7) is 3.52. The molecule has 1 aliphatic heterocycles. The van der Waals surface area contributed by atoms with Crippen LogP contribution in [0, 0.1) is 22.7 Å². The number of aromatic nitrogens is 2. The Balaban J connectivity index is 2.23. The fourth-order valence-corrected chi connectivity index (χ4v) is 3.00. The first-order valence-electron chi connectivity index (χ1n) is 7.17. The normalized spacial score (nSPS) is 15.5. The van der Waals surface area contributed by atoms with E-state index in [1.165, 1.54) is 0 Å². The largest absolute Gasteiger partial charge is 0.390 e. The first-order valence-corrected chi connectivity index (χ1v) is 7.17. The number of hydrogen-bond donors (Lipinski definition) is 3. The highest BCUT2D eigenvalue weighted by Crippen LogP contribution is 2.38. The van der Waals surface area contributed by atoms with Crippen molar-refractivity contribution in [1.82, 2.24) is 15.5 Å². The highest BCUT2D eigenvalue weighted by Gasteiger charge is 2.29. The van der Waals surface area contributed by atoms with Gasteiger partial charge in [0.1, 0.15) is 0 Å². The fraction of sp³-hybridized carbons (Fsp3) is 0.235. The number of aliphatic hydroxyl groups excluding tert-OH is 1. The van der Waals surface area contributed by atoms with Crippen molar-refractivity contribution >= 4 is 10.9 Å². The molecule has 1 aliphatic rings. The minimum atomic E-state index is -0.405. The predicted molar refractivity (Wildman–Crippen MR) is 84.5 cm³/mol. The van der Waals surface area contributed by atoms with E-state index in [9.17, 15) is 15.6 Å². The molecular weight excluding hydrogens is 290 g/mol. The van der Waals surface area contributed by atoms with E-state index < -0.39 is 5.92 Å². The number of rotatable bonds is 2. The monoisotopic (exact) mass is 305 g/mol. The molecule has 0 aliphatic carbocycles. The summed E-state index contributed by atoms with van der Waals surface area (Å²) in [5.41, 5.74) is 4.76. The molecule has 2 aromatic rings. The zero-order valence-corrected chi connectivity index (χ0v) is 12.8. The first-order chi connectivity index (χ1) is 11.1. The Bertz CT molecular complexity index is 900. The lowest BCUT2D eigenvalue weighted by Crippen LogP contribution is -2.23. The molecule has 0 unspecified atom stereocenters. The van der Waals surface area contributed by atoms with Gasteiger partial charge >= 0.3 is 0 Å². The van der Waals surface area contributed by atoms with Gasteiger partial charge in [-0.15, -0.1) is 0 Å². The van der Waals surface area contributed by atoms with Crippen molar-refractivity contribution < 1.29 is 5.11 Å². The van der Waals surface area contributed by atoms with E-state index in [-0.39, 0.29) is 6.61 Å². The number of hydrogen-bond acceptors (Lipinski definition) is 5. The van der Waals surface area contributed by atoms with Crippen molar-refractivity contribution in [2.24, 2.45) is 0 Å². The summed E-state index contributed by atoms with van der Waals surface area (Å²) in [4.78, 5) is 0. The lowest BCUT2D eigenvalue weighted by molar-refractivity contribution is 0.278. The van der Waals surface area contributed by atoms with E-state index in [0.717, 1.165) is 27.9 Å². The number of allylic oxidation sites excluding steroid dienone is 4. The summed E-state index contributed by atoms with van der Waals surface area (Å²) in [6, 6.07) is 10.0. The third kappa shape index (κ3) is 2.26. The second-order valence-electron chi connectivity index (χ2n) is 5.50. The molecule has 6 nitrogen and oxygen atoms in total. The second-order valence-corrected chi connectivity index (χ2v) is 5.50. The molecule has 23 heavy (non-hydrogen) atoms. The number of aromatic amines is 1. The van der Waals surface area contributed by atoms with Crippen LogP contribution < -0.4 is 5.32 Å². The average Bonchev–Trinajstić information content (AvgIpc) is 2.96. The number of nitrogens with zero attached hydrogens (tertiary/aromatic N) is 3. The van der Waals surface area contributed by atoms with Crippen molar-refractivity contribution in [1.29, 1.82) is 10.5 Å². The molecule has 2 heterocycles. The van der Waals surface area contributed by atoms with Gasteiger partial charge in [0.05, 0.1) is 47.0 Å². The number of H-pyrrole nitrogens is 1. The molecule has 0 spiro atoms. The van der Waals surface area contributed by atoms with Crippen molar-refractivity contribution in [3.63, 3.8) is 0 Å². The first kappa shape index (κ1) is 14.8. The summed E-state index contributed by atoms with van der Waals surface area (Å²) in [7, 11) is 0. The van der Waals surface area contributed by atoms with Gasteiger partial charge in [0.25, 0.3) is 0 Å². The van der Waals surface area contributed by atoms with Crippen molar-refractivity contribution in [2.75, 3.05) is 0 Å². The van der Waals surface area contributed by atoms with Crippen LogP contribution in [0.2, 0.25) is 0 Å². The van der Waals surface area contributed by atoms with Crippen LogP contribution >= 0.6 is 0 Å². The lowest BCUT2D eigenvalue weighted by Gasteiger charge is -2.26. The van der Waals surface area contributed by atoms with Gasteiger partial charge in [-0.2, -0.15) is 15.6 Å². The van der Waals surface area contributed by atoms with E-state index in [0.29, 0.717) is 16.8 Å². The molecule has 0 amide bonds. The molecule has 0 saturated heterocycles.